The number of halogens is 1. The zero-order chi connectivity index (χ0) is 22.0. The second-order valence-electron chi connectivity index (χ2n) is 7.72. The molecule has 1 aliphatic rings. The molecule has 1 amide bonds. The molecule has 7 nitrogen and oxygen atoms in total. The van der Waals surface area contributed by atoms with Crippen molar-refractivity contribution in [2.24, 2.45) is 13.0 Å². The summed E-state index contributed by atoms with van der Waals surface area (Å²) >= 11 is 3.46. The summed E-state index contributed by atoms with van der Waals surface area (Å²) in [5.41, 5.74) is 2.42. The first-order chi connectivity index (χ1) is 15.0. The predicted molar refractivity (Wildman–Crippen MR) is 124 cm³/mol. The van der Waals surface area contributed by atoms with Gasteiger partial charge in [-0.3, -0.25) is 9.59 Å². The first-order valence-electron chi connectivity index (χ1n) is 10.3. The van der Waals surface area contributed by atoms with Gasteiger partial charge in [0.25, 0.3) is 5.56 Å². The molecule has 1 aromatic heterocycles. The van der Waals surface area contributed by atoms with Crippen LogP contribution in [0.3, 0.4) is 0 Å². The third kappa shape index (κ3) is 4.44. The molecule has 4 rings (SSSR count). The molecular weight excluding hydrogens is 460 g/mol. The minimum absolute atomic E-state index is 0.0288. The number of nitrogens with zero attached hydrogens (tertiary/aromatic N) is 3. The number of hydrogen-bond donors (Lipinski definition) is 1. The summed E-state index contributed by atoms with van der Waals surface area (Å²) in [6.45, 7) is 1.66. The van der Waals surface area contributed by atoms with Crippen LogP contribution in [0.1, 0.15) is 18.4 Å². The molecule has 2 heterocycles. The van der Waals surface area contributed by atoms with E-state index in [0.717, 1.165) is 26.8 Å². The van der Waals surface area contributed by atoms with Gasteiger partial charge in [0, 0.05) is 42.6 Å². The molecule has 0 saturated carbocycles. The number of ether oxygens (including phenoxy) is 1. The number of methoxy groups -OCH3 is 1. The van der Waals surface area contributed by atoms with Crippen LogP contribution >= 0.6 is 15.9 Å². The van der Waals surface area contributed by atoms with Gasteiger partial charge in [-0.25, -0.2) is 4.98 Å². The fourth-order valence-electron chi connectivity index (χ4n) is 4.04. The van der Waals surface area contributed by atoms with Crippen LogP contribution in [0.4, 0.5) is 5.82 Å². The minimum atomic E-state index is -0.108. The summed E-state index contributed by atoms with van der Waals surface area (Å²) in [5, 5.41) is 3.03. The number of carbonyl (C=O) groups is 1. The maximum atomic E-state index is 12.8. The standard InChI is InChI=1S/C23H25BrN4O3/c1-27-19-6-4-3-5-18(19)26-21(23(27)30)28-11-9-15(10-12-28)22(29)25-14-16-13-17(24)7-8-20(16)31-2/h3-8,13,15H,9-12,14H2,1-2H3,(H,25,29). The highest BCUT2D eigenvalue weighted by Crippen LogP contribution is 2.24. The smallest absolute Gasteiger partial charge is 0.293 e. The number of aryl methyl sites for hydroxylation is 1. The molecule has 1 N–H and O–H groups in total. The number of fused-ring (bicyclic) bond motifs is 1. The zero-order valence-corrected chi connectivity index (χ0v) is 19.2. The number of piperidine rings is 1. The second kappa shape index (κ2) is 9.09. The topological polar surface area (TPSA) is 76.5 Å². The Hall–Kier alpha value is -2.87. The largest absolute Gasteiger partial charge is 0.496 e. The molecule has 0 atom stereocenters. The van der Waals surface area contributed by atoms with Crippen LogP contribution in [0.2, 0.25) is 0 Å². The molecule has 0 unspecified atom stereocenters. The van der Waals surface area contributed by atoms with Crippen LogP contribution in [-0.2, 0) is 18.4 Å². The molecule has 0 aliphatic carbocycles. The van der Waals surface area contributed by atoms with E-state index >= 15 is 0 Å². The Morgan fingerprint density at radius 2 is 1.97 bits per heavy atom. The maximum absolute atomic E-state index is 12.8. The molecule has 2 aromatic carbocycles. The maximum Gasteiger partial charge on any atom is 0.293 e. The fraction of sp³-hybridized carbons (Fsp3) is 0.348. The number of amides is 1. The highest BCUT2D eigenvalue weighted by Gasteiger charge is 2.27. The lowest BCUT2D eigenvalue weighted by molar-refractivity contribution is -0.125. The molecule has 31 heavy (non-hydrogen) atoms. The first kappa shape index (κ1) is 21.4. The number of aromatic nitrogens is 2. The Balaban J connectivity index is 1.40. The molecule has 1 fully saturated rings. The van der Waals surface area contributed by atoms with Crippen LogP contribution in [0.5, 0.6) is 5.75 Å². The van der Waals surface area contributed by atoms with Crippen molar-refractivity contribution in [3.63, 3.8) is 0 Å². The quantitative estimate of drug-likeness (QED) is 0.601. The lowest BCUT2D eigenvalue weighted by Crippen LogP contribution is -2.43. The highest BCUT2D eigenvalue weighted by molar-refractivity contribution is 9.10. The highest BCUT2D eigenvalue weighted by atomic mass is 79.9. The van der Waals surface area contributed by atoms with Gasteiger partial charge in [-0.2, -0.15) is 0 Å². The Labute approximate surface area is 189 Å². The van der Waals surface area contributed by atoms with Crippen molar-refractivity contribution in [2.75, 3.05) is 25.1 Å². The third-order valence-corrected chi connectivity index (χ3v) is 6.32. The number of carbonyl (C=O) groups excluding carboxylic acids is 1. The molecule has 162 valence electrons. The van der Waals surface area contributed by atoms with E-state index in [-0.39, 0.29) is 17.4 Å². The molecule has 1 saturated heterocycles. The van der Waals surface area contributed by atoms with Crippen molar-refractivity contribution in [1.82, 2.24) is 14.9 Å². The Morgan fingerprint density at radius 1 is 1.23 bits per heavy atom. The molecule has 3 aromatic rings. The van der Waals surface area contributed by atoms with Gasteiger partial charge in [0.15, 0.2) is 5.82 Å². The molecule has 8 heteroatoms. The number of rotatable bonds is 5. The summed E-state index contributed by atoms with van der Waals surface area (Å²) in [6.07, 6.45) is 1.36. The summed E-state index contributed by atoms with van der Waals surface area (Å²) in [5.74, 6) is 1.15. The summed E-state index contributed by atoms with van der Waals surface area (Å²) in [4.78, 5) is 32.1. The van der Waals surface area contributed by atoms with Crippen LogP contribution in [0, 0.1) is 5.92 Å². The first-order valence-corrected chi connectivity index (χ1v) is 11.1. The molecule has 1 aliphatic heterocycles. The number of benzene rings is 2. The SMILES string of the molecule is COc1ccc(Br)cc1CNC(=O)C1CCN(c2nc3ccccc3n(C)c2=O)CC1. The summed E-state index contributed by atoms with van der Waals surface area (Å²) in [6, 6.07) is 13.4. The average molecular weight is 485 g/mol. The molecule has 0 bridgehead atoms. The normalized spacial score (nSPS) is 14.6. The van der Waals surface area contributed by atoms with Gasteiger partial charge in [-0.1, -0.05) is 28.1 Å². The molecule has 0 radical (unpaired) electrons. The third-order valence-electron chi connectivity index (χ3n) is 5.83. The van der Waals surface area contributed by atoms with Crippen LogP contribution in [0.25, 0.3) is 11.0 Å². The van der Waals surface area contributed by atoms with Crippen molar-refractivity contribution in [2.45, 2.75) is 19.4 Å². The van der Waals surface area contributed by atoms with Gasteiger partial charge >= 0.3 is 0 Å². The van der Waals surface area contributed by atoms with Gasteiger partial charge in [-0.15, -0.1) is 0 Å². The lowest BCUT2D eigenvalue weighted by atomic mass is 9.96. The number of nitrogens with one attached hydrogen (secondary N) is 1. The summed E-state index contributed by atoms with van der Waals surface area (Å²) < 4.78 is 7.96. The number of anilines is 1. The predicted octanol–water partition coefficient (Wildman–Crippen LogP) is 3.24. The minimum Gasteiger partial charge on any atom is -0.496 e. The van der Waals surface area contributed by atoms with E-state index in [2.05, 4.69) is 26.2 Å². The summed E-state index contributed by atoms with van der Waals surface area (Å²) in [7, 11) is 3.39. The van der Waals surface area contributed by atoms with E-state index in [0.29, 0.717) is 38.3 Å². The molecule has 0 spiro atoms. The van der Waals surface area contributed by atoms with Gasteiger partial charge in [0.05, 0.1) is 18.1 Å². The van der Waals surface area contributed by atoms with Crippen molar-refractivity contribution in [3.8, 4) is 5.75 Å². The van der Waals surface area contributed by atoms with E-state index in [4.69, 9.17) is 4.74 Å². The second-order valence-corrected chi connectivity index (χ2v) is 8.64. The van der Waals surface area contributed by atoms with E-state index in [1.807, 2.05) is 47.4 Å². The van der Waals surface area contributed by atoms with E-state index in [1.165, 1.54) is 0 Å². The molecular formula is C23H25BrN4O3. The van der Waals surface area contributed by atoms with Gasteiger partial charge in [0.1, 0.15) is 5.75 Å². The Kier molecular flexibility index (Phi) is 6.27. The number of para-hydroxylation sites is 2. The van der Waals surface area contributed by atoms with E-state index < -0.39 is 0 Å². The van der Waals surface area contributed by atoms with Crippen LogP contribution in [0.15, 0.2) is 51.7 Å². The monoisotopic (exact) mass is 484 g/mol. The fourth-order valence-corrected chi connectivity index (χ4v) is 4.44. The van der Waals surface area contributed by atoms with Crippen molar-refractivity contribution < 1.29 is 9.53 Å². The van der Waals surface area contributed by atoms with E-state index in [9.17, 15) is 9.59 Å². The zero-order valence-electron chi connectivity index (χ0n) is 17.6. The Bertz CT molecular complexity index is 1170. The number of hydrogen-bond acceptors (Lipinski definition) is 5. The van der Waals surface area contributed by atoms with Gasteiger partial charge in [0.2, 0.25) is 5.91 Å². The van der Waals surface area contributed by atoms with Gasteiger partial charge in [-0.05, 0) is 43.2 Å². The van der Waals surface area contributed by atoms with Crippen LogP contribution in [-0.4, -0.2) is 35.7 Å². The van der Waals surface area contributed by atoms with Gasteiger partial charge < -0.3 is 19.5 Å². The van der Waals surface area contributed by atoms with Crippen molar-refractivity contribution in [1.29, 1.82) is 0 Å². The van der Waals surface area contributed by atoms with Crippen LogP contribution < -0.4 is 20.5 Å². The van der Waals surface area contributed by atoms with Crippen molar-refractivity contribution in [3.05, 3.63) is 62.9 Å². The average Bonchev–Trinajstić information content (AvgIpc) is 2.80. The Morgan fingerprint density at radius 3 is 2.71 bits per heavy atom. The lowest BCUT2D eigenvalue weighted by Gasteiger charge is -2.32. The van der Waals surface area contributed by atoms with E-state index in [1.54, 1.807) is 18.7 Å². The van der Waals surface area contributed by atoms with Crippen molar-refractivity contribution >= 4 is 38.7 Å².